The van der Waals surface area contributed by atoms with Crippen LogP contribution in [-0.4, -0.2) is 21.9 Å². The lowest BCUT2D eigenvalue weighted by Crippen LogP contribution is -2.09. The van der Waals surface area contributed by atoms with Crippen molar-refractivity contribution in [3.05, 3.63) is 54.1 Å². The van der Waals surface area contributed by atoms with Gasteiger partial charge in [-0.25, -0.2) is 4.98 Å². The molecule has 0 spiro atoms. The van der Waals surface area contributed by atoms with E-state index in [4.69, 9.17) is 4.74 Å². The van der Waals surface area contributed by atoms with Gasteiger partial charge in [0, 0.05) is 13.2 Å². The second-order valence-corrected chi connectivity index (χ2v) is 3.83. The zero-order valence-electron chi connectivity index (χ0n) is 9.67. The van der Waals surface area contributed by atoms with Crippen LogP contribution in [-0.2, 0) is 18.4 Å². The quantitative estimate of drug-likeness (QED) is 0.736. The highest BCUT2D eigenvalue weighted by atomic mass is 16.5. The standard InChI is InChI=1S/C13H14N2O2/c1-15-7-12(14-10-15)13(16)9-17-8-11-5-3-2-4-6-11/h2-7,10H,8-9H2,1H3. The second kappa shape index (κ2) is 5.41. The molecule has 0 amide bonds. The fraction of sp³-hybridized carbons (Fsp3) is 0.231. The lowest BCUT2D eigenvalue weighted by atomic mass is 10.2. The molecule has 4 heteroatoms. The van der Waals surface area contributed by atoms with Crippen LogP contribution in [0.2, 0.25) is 0 Å². The van der Waals surface area contributed by atoms with Crippen LogP contribution in [0, 0.1) is 0 Å². The first-order valence-corrected chi connectivity index (χ1v) is 5.38. The normalized spacial score (nSPS) is 10.4. The summed E-state index contributed by atoms with van der Waals surface area (Å²) < 4.78 is 7.09. The number of carbonyl (C=O) groups excluding carboxylic acids is 1. The number of imidazole rings is 1. The van der Waals surface area contributed by atoms with Crippen LogP contribution < -0.4 is 0 Å². The summed E-state index contributed by atoms with van der Waals surface area (Å²) in [7, 11) is 1.83. The van der Waals surface area contributed by atoms with Crippen LogP contribution in [0.25, 0.3) is 0 Å². The largest absolute Gasteiger partial charge is 0.369 e. The van der Waals surface area contributed by atoms with Crippen molar-refractivity contribution < 1.29 is 9.53 Å². The maximum Gasteiger partial charge on any atom is 0.208 e. The summed E-state index contributed by atoms with van der Waals surface area (Å²) in [5.41, 5.74) is 1.50. The Morgan fingerprint density at radius 2 is 2.12 bits per heavy atom. The Hall–Kier alpha value is -1.94. The molecule has 0 aliphatic heterocycles. The lowest BCUT2D eigenvalue weighted by Gasteiger charge is -2.02. The molecule has 0 fully saturated rings. The highest BCUT2D eigenvalue weighted by molar-refractivity contribution is 5.95. The fourth-order valence-electron chi connectivity index (χ4n) is 1.47. The molecule has 1 aromatic carbocycles. The van der Waals surface area contributed by atoms with Gasteiger partial charge in [-0.2, -0.15) is 0 Å². The monoisotopic (exact) mass is 230 g/mol. The van der Waals surface area contributed by atoms with Crippen molar-refractivity contribution in [1.82, 2.24) is 9.55 Å². The number of ether oxygens (including phenoxy) is 1. The van der Waals surface area contributed by atoms with E-state index in [2.05, 4.69) is 4.98 Å². The van der Waals surface area contributed by atoms with E-state index < -0.39 is 0 Å². The minimum Gasteiger partial charge on any atom is -0.369 e. The molecule has 2 rings (SSSR count). The van der Waals surface area contributed by atoms with E-state index in [1.54, 1.807) is 17.1 Å². The topological polar surface area (TPSA) is 44.1 Å². The summed E-state index contributed by atoms with van der Waals surface area (Å²) in [5, 5.41) is 0. The van der Waals surface area contributed by atoms with Gasteiger partial charge in [0.1, 0.15) is 12.3 Å². The van der Waals surface area contributed by atoms with E-state index in [0.29, 0.717) is 12.3 Å². The third-order valence-electron chi connectivity index (χ3n) is 2.34. The van der Waals surface area contributed by atoms with Crippen LogP contribution in [0.5, 0.6) is 0 Å². The van der Waals surface area contributed by atoms with Crippen molar-refractivity contribution in [3.8, 4) is 0 Å². The van der Waals surface area contributed by atoms with Crippen molar-refractivity contribution in [2.24, 2.45) is 7.05 Å². The van der Waals surface area contributed by atoms with Gasteiger partial charge in [-0.15, -0.1) is 0 Å². The molecule has 0 radical (unpaired) electrons. The lowest BCUT2D eigenvalue weighted by molar-refractivity contribution is 0.0722. The van der Waals surface area contributed by atoms with Crippen LogP contribution in [0.3, 0.4) is 0 Å². The molecule has 0 bridgehead atoms. The minimum absolute atomic E-state index is 0.0614. The highest BCUT2D eigenvalue weighted by Gasteiger charge is 2.08. The Labute approximate surface area is 99.9 Å². The smallest absolute Gasteiger partial charge is 0.208 e. The third-order valence-corrected chi connectivity index (χ3v) is 2.34. The minimum atomic E-state index is -0.0958. The average molecular weight is 230 g/mol. The Kier molecular flexibility index (Phi) is 3.67. The Morgan fingerprint density at radius 1 is 1.35 bits per heavy atom. The Morgan fingerprint density at radius 3 is 2.76 bits per heavy atom. The van der Waals surface area contributed by atoms with Gasteiger partial charge in [0.2, 0.25) is 5.78 Å². The van der Waals surface area contributed by atoms with Crippen LogP contribution in [0.4, 0.5) is 0 Å². The Balaban J connectivity index is 1.81. The van der Waals surface area contributed by atoms with Crippen molar-refractivity contribution in [2.45, 2.75) is 6.61 Å². The molecule has 0 atom stereocenters. The van der Waals surface area contributed by atoms with E-state index in [9.17, 15) is 4.79 Å². The molecule has 1 aromatic heterocycles. The van der Waals surface area contributed by atoms with Crippen molar-refractivity contribution in [3.63, 3.8) is 0 Å². The first-order chi connectivity index (χ1) is 8.25. The van der Waals surface area contributed by atoms with Gasteiger partial charge in [0.25, 0.3) is 0 Å². The van der Waals surface area contributed by atoms with E-state index in [1.807, 2.05) is 37.4 Å². The van der Waals surface area contributed by atoms with E-state index in [-0.39, 0.29) is 12.4 Å². The maximum atomic E-state index is 11.6. The number of rotatable bonds is 5. The molecule has 0 aliphatic carbocycles. The van der Waals surface area contributed by atoms with E-state index >= 15 is 0 Å². The molecule has 4 nitrogen and oxygen atoms in total. The first kappa shape index (κ1) is 11.5. The van der Waals surface area contributed by atoms with Crippen LogP contribution >= 0.6 is 0 Å². The number of hydrogen-bond donors (Lipinski definition) is 0. The van der Waals surface area contributed by atoms with E-state index in [0.717, 1.165) is 5.56 Å². The molecule has 0 unspecified atom stereocenters. The predicted octanol–water partition coefficient (Wildman–Crippen LogP) is 1.82. The van der Waals surface area contributed by atoms with E-state index in [1.165, 1.54) is 0 Å². The molecule has 88 valence electrons. The maximum absolute atomic E-state index is 11.6. The number of benzene rings is 1. The number of nitrogens with zero attached hydrogens (tertiary/aromatic N) is 2. The van der Waals surface area contributed by atoms with Gasteiger partial charge < -0.3 is 9.30 Å². The zero-order chi connectivity index (χ0) is 12.1. The summed E-state index contributed by atoms with van der Waals surface area (Å²) >= 11 is 0. The molecule has 0 saturated heterocycles. The fourth-order valence-corrected chi connectivity index (χ4v) is 1.47. The van der Waals surface area contributed by atoms with Crippen molar-refractivity contribution in [2.75, 3.05) is 6.61 Å². The van der Waals surface area contributed by atoms with Crippen LogP contribution in [0.1, 0.15) is 16.1 Å². The summed E-state index contributed by atoms with van der Waals surface area (Å²) in [5.74, 6) is -0.0958. The summed E-state index contributed by atoms with van der Waals surface area (Å²) in [6.45, 7) is 0.505. The molecular formula is C13H14N2O2. The predicted molar refractivity (Wildman–Crippen MR) is 63.6 cm³/mol. The molecule has 1 heterocycles. The number of hydrogen-bond acceptors (Lipinski definition) is 3. The van der Waals surface area contributed by atoms with Gasteiger partial charge in [0.15, 0.2) is 0 Å². The van der Waals surface area contributed by atoms with Gasteiger partial charge in [-0.1, -0.05) is 30.3 Å². The SMILES string of the molecule is Cn1cnc(C(=O)COCc2ccccc2)c1. The summed E-state index contributed by atoms with van der Waals surface area (Å²) in [6.07, 6.45) is 3.29. The number of aromatic nitrogens is 2. The number of carbonyl (C=O) groups is 1. The van der Waals surface area contributed by atoms with Gasteiger partial charge in [-0.05, 0) is 5.56 Å². The first-order valence-electron chi connectivity index (χ1n) is 5.38. The zero-order valence-corrected chi connectivity index (χ0v) is 9.67. The second-order valence-electron chi connectivity index (χ2n) is 3.83. The molecule has 0 aliphatic rings. The van der Waals surface area contributed by atoms with Gasteiger partial charge in [-0.3, -0.25) is 4.79 Å². The molecule has 0 N–H and O–H groups in total. The van der Waals surface area contributed by atoms with Crippen molar-refractivity contribution in [1.29, 1.82) is 0 Å². The molecule has 2 aromatic rings. The van der Waals surface area contributed by atoms with Gasteiger partial charge >= 0.3 is 0 Å². The average Bonchev–Trinajstić information content (AvgIpc) is 2.77. The van der Waals surface area contributed by atoms with Gasteiger partial charge in [0.05, 0.1) is 12.9 Å². The number of ketones is 1. The van der Waals surface area contributed by atoms with Crippen LogP contribution in [0.15, 0.2) is 42.9 Å². The molecule has 0 saturated carbocycles. The summed E-state index contributed by atoms with van der Waals surface area (Å²) in [6, 6.07) is 9.76. The highest BCUT2D eigenvalue weighted by Crippen LogP contribution is 2.02. The number of Topliss-reactive ketones (excluding diaryl/α,β-unsaturated/α-hetero) is 1. The Bertz CT molecular complexity index is 491. The molecular weight excluding hydrogens is 216 g/mol. The van der Waals surface area contributed by atoms with Crippen molar-refractivity contribution >= 4 is 5.78 Å². The molecule has 17 heavy (non-hydrogen) atoms. The third kappa shape index (κ3) is 3.26. The number of aryl methyl sites for hydroxylation is 1. The summed E-state index contributed by atoms with van der Waals surface area (Å²) in [4.78, 5) is 15.6.